The summed E-state index contributed by atoms with van der Waals surface area (Å²) in [5, 5.41) is 2.77. The Morgan fingerprint density at radius 1 is 1.75 bits per heavy atom. The molecule has 0 aromatic carbocycles. The summed E-state index contributed by atoms with van der Waals surface area (Å²) < 4.78 is 10.8. The van der Waals surface area contributed by atoms with Crippen LogP contribution in [0.4, 0.5) is 0 Å². The fraction of sp³-hybridized carbons (Fsp3) is 0.571. The molecule has 2 rings (SSSR count). The lowest BCUT2D eigenvalue weighted by atomic mass is 10.4. The van der Waals surface area contributed by atoms with Crippen molar-refractivity contribution in [3.8, 4) is 0 Å². The van der Waals surface area contributed by atoms with E-state index >= 15 is 0 Å². The average molecular weight is 186 g/mol. The van der Waals surface area contributed by atoms with Crippen molar-refractivity contribution in [2.24, 2.45) is 5.73 Å². The summed E-state index contributed by atoms with van der Waals surface area (Å²) in [5.41, 5.74) is 5.43. The van der Waals surface area contributed by atoms with Gasteiger partial charge in [-0.25, -0.2) is 4.98 Å². The second-order valence-corrected chi connectivity index (χ2v) is 3.46. The molecule has 0 spiro atoms. The summed E-state index contributed by atoms with van der Waals surface area (Å²) in [7, 11) is 0. The highest BCUT2D eigenvalue weighted by molar-refractivity contribution is 7.09. The van der Waals surface area contributed by atoms with Gasteiger partial charge in [0.15, 0.2) is 0 Å². The van der Waals surface area contributed by atoms with Crippen LogP contribution in [0.25, 0.3) is 0 Å². The summed E-state index contributed by atoms with van der Waals surface area (Å²) in [6, 6.07) is 0. The van der Waals surface area contributed by atoms with E-state index in [4.69, 9.17) is 15.2 Å². The molecule has 1 fully saturated rings. The minimum absolute atomic E-state index is 0.0268. The van der Waals surface area contributed by atoms with Crippen LogP contribution in [-0.4, -0.2) is 24.2 Å². The predicted molar refractivity (Wildman–Crippen MR) is 44.7 cm³/mol. The molecule has 2 atom stereocenters. The van der Waals surface area contributed by atoms with E-state index < -0.39 is 0 Å². The smallest absolute Gasteiger partial charge is 0.211 e. The zero-order valence-corrected chi connectivity index (χ0v) is 7.29. The van der Waals surface area contributed by atoms with Gasteiger partial charge in [0.05, 0.1) is 12.7 Å². The molecule has 4 nitrogen and oxygen atoms in total. The maximum absolute atomic E-state index is 5.46. The molecule has 1 aromatic rings. The monoisotopic (exact) mass is 186 g/mol. The van der Waals surface area contributed by atoms with Crippen LogP contribution >= 0.6 is 11.3 Å². The van der Waals surface area contributed by atoms with Gasteiger partial charge in [0.1, 0.15) is 5.01 Å². The van der Waals surface area contributed by atoms with Crippen LogP contribution in [0.15, 0.2) is 11.6 Å². The molecular formula is C7H10N2O2S. The maximum atomic E-state index is 5.46. The van der Waals surface area contributed by atoms with E-state index in [-0.39, 0.29) is 12.4 Å². The van der Waals surface area contributed by atoms with Gasteiger partial charge in [0.2, 0.25) is 6.29 Å². The van der Waals surface area contributed by atoms with Gasteiger partial charge in [-0.1, -0.05) is 0 Å². The van der Waals surface area contributed by atoms with Gasteiger partial charge in [-0.3, -0.25) is 0 Å². The van der Waals surface area contributed by atoms with Gasteiger partial charge in [0, 0.05) is 18.1 Å². The Morgan fingerprint density at radius 3 is 3.25 bits per heavy atom. The van der Waals surface area contributed by atoms with Gasteiger partial charge in [-0.05, 0) is 0 Å². The summed E-state index contributed by atoms with van der Waals surface area (Å²) in [5.74, 6) is 0. The molecule has 1 aliphatic rings. The number of hydrogen-bond acceptors (Lipinski definition) is 5. The van der Waals surface area contributed by atoms with Gasteiger partial charge in [-0.2, -0.15) is 0 Å². The van der Waals surface area contributed by atoms with E-state index in [0.717, 1.165) is 5.01 Å². The molecule has 0 radical (unpaired) electrons. The zero-order valence-electron chi connectivity index (χ0n) is 6.47. The minimum Gasteiger partial charge on any atom is -0.344 e. The average Bonchev–Trinajstić information content (AvgIpc) is 2.75. The van der Waals surface area contributed by atoms with Crippen LogP contribution in [0.1, 0.15) is 11.3 Å². The molecule has 12 heavy (non-hydrogen) atoms. The molecule has 0 aliphatic carbocycles. The molecule has 0 bridgehead atoms. The van der Waals surface area contributed by atoms with Crippen molar-refractivity contribution < 1.29 is 9.47 Å². The van der Waals surface area contributed by atoms with Crippen molar-refractivity contribution in [1.29, 1.82) is 0 Å². The second-order valence-electron chi connectivity index (χ2n) is 2.53. The maximum Gasteiger partial charge on any atom is 0.211 e. The fourth-order valence-electron chi connectivity index (χ4n) is 1.05. The lowest BCUT2D eigenvalue weighted by Gasteiger charge is -2.06. The van der Waals surface area contributed by atoms with Gasteiger partial charge in [0.25, 0.3) is 0 Å². The van der Waals surface area contributed by atoms with Crippen LogP contribution in [0.2, 0.25) is 0 Å². The van der Waals surface area contributed by atoms with E-state index in [1.165, 1.54) is 11.3 Å². The standard InChI is InChI=1S/C7H10N2O2S/c8-3-5-4-10-7(11-5)6-9-1-2-12-6/h1-2,5,7H,3-4,8H2. The summed E-state index contributed by atoms with van der Waals surface area (Å²) in [6.45, 7) is 1.07. The van der Waals surface area contributed by atoms with Crippen molar-refractivity contribution in [3.05, 3.63) is 16.6 Å². The molecule has 2 unspecified atom stereocenters. The highest BCUT2D eigenvalue weighted by Crippen LogP contribution is 2.27. The normalized spacial score (nSPS) is 29.4. The van der Waals surface area contributed by atoms with Crippen LogP contribution in [0.5, 0.6) is 0 Å². The van der Waals surface area contributed by atoms with Crippen molar-refractivity contribution in [2.45, 2.75) is 12.4 Å². The molecule has 0 amide bonds. The Bertz CT molecular complexity index is 240. The van der Waals surface area contributed by atoms with Crippen molar-refractivity contribution in [2.75, 3.05) is 13.2 Å². The topological polar surface area (TPSA) is 57.4 Å². The lowest BCUT2D eigenvalue weighted by Crippen LogP contribution is -2.21. The molecular weight excluding hydrogens is 176 g/mol. The van der Waals surface area contributed by atoms with E-state index in [1.54, 1.807) is 6.20 Å². The Morgan fingerprint density at radius 2 is 2.67 bits per heavy atom. The first-order valence-corrected chi connectivity index (χ1v) is 4.64. The molecule has 1 saturated heterocycles. The van der Waals surface area contributed by atoms with Crippen LogP contribution in [0, 0.1) is 0 Å². The number of ether oxygens (including phenoxy) is 2. The Labute approximate surface area is 74.3 Å². The number of hydrogen-bond donors (Lipinski definition) is 1. The van der Waals surface area contributed by atoms with Crippen molar-refractivity contribution >= 4 is 11.3 Å². The SMILES string of the molecule is NCC1COC(c2nccs2)O1. The van der Waals surface area contributed by atoms with Gasteiger partial charge >= 0.3 is 0 Å². The van der Waals surface area contributed by atoms with Crippen LogP contribution < -0.4 is 5.73 Å². The molecule has 5 heteroatoms. The lowest BCUT2D eigenvalue weighted by molar-refractivity contribution is -0.0586. The Hall–Kier alpha value is -0.490. The molecule has 0 saturated carbocycles. The van der Waals surface area contributed by atoms with E-state index in [9.17, 15) is 0 Å². The van der Waals surface area contributed by atoms with Crippen molar-refractivity contribution in [1.82, 2.24) is 4.98 Å². The summed E-state index contributed by atoms with van der Waals surface area (Å²) >= 11 is 1.53. The highest BCUT2D eigenvalue weighted by atomic mass is 32.1. The van der Waals surface area contributed by atoms with Crippen molar-refractivity contribution in [3.63, 3.8) is 0 Å². The quantitative estimate of drug-likeness (QED) is 0.731. The predicted octanol–water partition coefficient (Wildman–Crippen LogP) is 0.516. The number of rotatable bonds is 2. The fourth-order valence-corrected chi connectivity index (χ4v) is 1.67. The first-order chi connectivity index (χ1) is 5.90. The molecule has 1 aromatic heterocycles. The first-order valence-electron chi connectivity index (χ1n) is 3.76. The Balaban J connectivity index is 2.00. The third kappa shape index (κ3) is 1.49. The first kappa shape index (κ1) is 8.12. The van der Waals surface area contributed by atoms with E-state index in [1.807, 2.05) is 5.38 Å². The molecule has 2 heterocycles. The summed E-state index contributed by atoms with van der Waals surface area (Å²) in [6.07, 6.45) is 1.47. The van der Waals surface area contributed by atoms with Crippen LogP contribution in [0.3, 0.4) is 0 Å². The largest absolute Gasteiger partial charge is 0.344 e. The number of nitrogens with two attached hydrogens (primary N) is 1. The minimum atomic E-state index is -0.293. The number of thiazole rings is 1. The van der Waals surface area contributed by atoms with Gasteiger partial charge < -0.3 is 15.2 Å². The number of aromatic nitrogens is 1. The number of nitrogens with zero attached hydrogens (tertiary/aromatic N) is 1. The molecule has 2 N–H and O–H groups in total. The third-order valence-corrected chi connectivity index (χ3v) is 2.46. The molecule has 66 valence electrons. The second kappa shape index (κ2) is 3.49. The highest BCUT2D eigenvalue weighted by Gasteiger charge is 2.27. The van der Waals surface area contributed by atoms with E-state index in [2.05, 4.69) is 4.98 Å². The Kier molecular flexibility index (Phi) is 2.36. The summed E-state index contributed by atoms with van der Waals surface area (Å²) in [4.78, 5) is 4.09. The van der Waals surface area contributed by atoms with E-state index in [0.29, 0.717) is 13.2 Å². The third-order valence-electron chi connectivity index (χ3n) is 1.67. The van der Waals surface area contributed by atoms with Gasteiger partial charge in [-0.15, -0.1) is 11.3 Å². The molecule has 1 aliphatic heterocycles. The van der Waals surface area contributed by atoms with Crippen LogP contribution in [-0.2, 0) is 9.47 Å². The zero-order chi connectivity index (χ0) is 8.39.